The summed E-state index contributed by atoms with van der Waals surface area (Å²) in [6.07, 6.45) is 2.79. The highest BCUT2D eigenvalue weighted by Gasteiger charge is 2.07. The van der Waals surface area contributed by atoms with Gasteiger partial charge in [0.05, 0.1) is 0 Å². The molecule has 0 aromatic rings. The molecular formula is C9H18BrNO. The van der Waals surface area contributed by atoms with Crippen LogP contribution in [0.2, 0.25) is 0 Å². The van der Waals surface area contributed by atoms with Crippen molar-refractivity contribution in [3.8, 4) is 0 Å². The van der Waals surface area contributed by atoms with Crippen LogP contribution in [0.1, 0.15) is 33.1 Å². The summed E-state index contributed by atoms with van der Waals surface area (Å²) in [5, 5.41) is 0.999. The lowest BCUT2D eigenvalue weighted by atomic mass is 10.2. The summed E-state index contributed by atoms with van der Waals surface area (Å²) in [5.41, 5.74) is 0. The number of amides is 1. The number of alkyl halides is 1. The molecular weight excluding hydrogens is 218 g/mol. The van der Waals surface area contributed by atoms with Gasteiger partial charge in [0.15, 0.2) is 0 Å². The second-order valence-electron chi connectivity index (χ2n) is 2.71. The average molecular weight is 236 g/mol. The summed E-state index contributed by atoms with van der Waals surface area (Å²) in [6, 6.07) is 0. The SMILES string of the molecule is CCN(CC)C(=O)CCCCBr. The van der Waals surface area contributed by atoms with Crippen LogP contribution in [0.4, 0.5) is 0 Å². The minimum Gasteiger partial charge on any atom is -0.343 e. The molecule has 0 rings (SSSR count). The predicted molar refractivity (Wildman–Crippen MR) is 55.6 cm³/mol. The van der Waals surface area contributed by atoms with Crippen LogP contribution >= 0.6 is 15.9 Å². The van der Waals surface area contributed by atoms with E-state index in [0.29, 0.717) is 12.3 Å². The smallest absolute Gasteiger partial charge is 0.222 e. The molecule has 3 heteroatoms. The molecule has 0 N–H and O–H groups in total. The lowest BCUT2D eigenvalue weighted by molar-refractivity contribution is -0.130. The number of unbranched alkanes of at least 4 members (excludes halogenated alkanes) is 1. The van der Waals surface area contributed by atoms with E-state index in [1.165, 1.54) is 0 Å². The number of hydrogen-bond acceptors (Lipinski definition) is 1. The van der Waals surface area contributed by atoms with Crippen molar-refractivity contribution in [2.75, 3.05) is 18.4 Å². The summed E-state index contributed by atoms with van der Waals surface area (Å²) in [7, 11) is 0. The Bertz CT molecular complexity index is 124. The molecule has 0 unspecified atom stereocenters. The topological polar surface area (TPSA) is 20.3 Å². The molecule has 0 fully saturated rings. The highest BCUT2D eigenvalue weighted by molar-refractivity contribution is 9.09. The molecule has 0 saturated heterocycles. The summed E-state index contributed by atoms with van der Waals surface area (Å²) in [6.45, 7) is 5.71. The quantitative estimate of drug-likeness (QED) is 0.512. The Labute approximate surface area is 83.4 Å². The van der Waals surface area contributed by atoms with Gasteiger partial charge in [0.2, 0.25) is 5.91 Å². The largest absolute Gasteiger partial charge is 0.343 e. The molecule has 0 aromatic carbocycles. The lowest BCUT2D eigenvalue weighted by Crippen LogP contribution is -2.30. The standard InChI is InChI=1S/C9H18BrNO/c1-3-11(4-2)9(12)7-5-6-8-10/h3-8H2,1-2H3. The van der Waals surface area contributed by atoms with Gasteiger partial charge < -0.3 is 4.90 Å². The molecule has 0 bridgehead atoms. The van der Waals surface area contributed by atoms with Gasteiger partial charge in [-0.15, -0.1) is 0 Å². The Morgan fingerprint density at radius 2 is 1.83 bits per heavy atom. The van der Waals surface area contributed by atoms with Gasteiger partial charge in [0.1, 0.15) is 0 Å². The van der Waals surface area contributed by atoms with Crippen LogP contribution in [0.15, 0.2) is 0 Å². The number of hydrogen-bond donors (Lipinski definition) is 0. The first-order valence-electron chi connectivity index (χ1n) is 4.60. The Morgan fingerprint density at radius 3 is 2.25 bits per heavy atom. The van der Waals surface area contributed by atoms with Crippen LogP contribution in [-0.2, 0) is 4.79 Å². The van der Waals surface area contributed by atoms with E-state index in [0.717, 1.165) is 31.3 Å². The normalized spacial score (nSPS) is 9.92. The third kappa shape index (κ3) is 4.75. The zero-order valence-corrected chi connectivity index (χ0v) is 9.56. The number of rotatable bonds is 6. The van der Waals surface area contributed by atoms with E-state index in [2.05, 4.69) is 15.9 Å². The van der Waals surface area contributed by atoms with Crippen molar-refractivity contribution >= 4 is 21.8 Å². The average Bonchev–Trinajstić information content (AvgIpc) is 2.07. The van der Waals surface area contributed by atoms with Gasteiger partial charge in [-0.2, -0.15) is 0 Å². The minimum absolute atomic E-state index is 0.293. The summed E-state index contributed by atoms with van der Waals surface area (Å²) >= 11 is 3.35. The van der Waals surface area contributed by atoms with Crippen LogP contribution < -0.4 is 0 Å². The first kappa shape index (κ1) is 11.9. The van der Waals surface area contributed by atoms with E-state index in [-0.39, 0.29) is 0 Å². The second-order valence-corrected chi connectivity index (χ2v) is 3.51. The molecule has 0 aliphatic carbocycles. The fraction of sp³-hybridized carbons (Fsp3) is 0.889. The summed E-state index contributed by atoms with van der Waals surface area (Å²) in [5.74, 6) is 0.293. The maximum Gasteiger partial charge on any atom is 0.222 e. The maximum atomic E-state index is 11.4. The third-order valence-corrected chi connectivity index (χ3v) is 2.45. The molecule has 0 aliphatic rings. The lowest BCUT2D eigenvalue weighted by Gasteiger charge is -2.18. The second kappa shape index (κ2) is 7.59. The molecule has 0 aliphatic heterocycles. The Hall–Kier alpha value is -0.0500. The highest BCUT2D eigenvalue weighted by Crippen LogP contribution is 2.02. The first-order valence-corrected chi connectivity index (χ1v) is 5.72. The van der Waals surface area contributed by atoms with E-state index in [4.69, 9.17) is 0 Å². The zero-order valence-electron chi connectivity index (χ0n) is 7.98. The summed E-state index contributed by atoms with van der Waals surface area (Å²) < 4.78 is 0. The van der Waals surface area contributed by atoms with E-state index >= 15 is 0 Å². The van der Waals surface area contributed by atoms with Crippen molar-refractivity contribution in [1.29, 1.82) is 0 Å². The van der Waals surface area contributed by atoms with Crippen molar-refractivity contribution < 1.29 is 4.79 Å². The van der Waals surface area contributed by atoms with E-state index < -0.39 is 0 Å². The molecule has 0 heterocycles. The Kier molecular flexibility index (Phi) is 7.56. The molecule has 0 spiro atoms. The van der Waals surface area contributed by atoms with Crippen molar-refractivity contribution in [3.63, 3.8) is 0 Å². The van der Waals surface area contributed by atoms with Crippen LogP contribution in [0.5, 0.6) is 0 Å². The van der Waals surface area contributed by atoms with Gasteiger partial charge >= 0.3 is 0 Å². The van der Waals surface area contributed by atoms with Gasteiger partial charge in [-0.05, 0) is 26.7 Å². The van der Waals surface area contributed by atoms with Crippen molar-refractivity contribution in [3.05, 3.63) is 0 Å². The van der Waals surface area contributed by atoms with Crippen molar-refractivity contribution in [2.45, 2.75) is 33.1 Å². The molecule has 1 amide bonds. The fourth-order valence-electron chi connectivity index (χ4n) is 1.11. The monoisotopic (exact) mass is 235 g/mol. The predicted octanol–water partition coefficient (Wildman–Crippen LogP) is 2.42. The van der Waals surface area contributed by atoms with Crippen molar-refractivity contribution in [2.24, 2.45) is 0 Å². The summed E-state index contributed by atoms with van der Waals surface area (Å²) in [4.78, 5) is 13.3. The fourth-order valence-corrected chi connectivity index (χ4v) is 1.50. The molecule has 12 heavy (non-hydrogen) atoms. The van der Waals surface area contributed by atoms with E-state index in [1.807, 2.05) is 18.7 Å². The van der Waals surface area contributed by atoms with Crippen LogP contribution in [-0.4, -0.2) is 29.2 Å². The number of carbonyl (C=O) groups is 1. The van der Waals surface area contributed by atoms with Crippen LogP contribution in [0.25, 0.3) is 0 Å². The van der Waals surface area contributed by atoms with E-state index in [1.54, 1.807) is 0 Å². The third-order valence-electron chi connectivity index (χ3n) is 1.89. The van der Waals surface area contributed by atoms with Gasteiger partial charge in [-0.25, -0.2) is 0 Å². The highest BCUT2D eigenvalue weighted by atomic mass is 79.9. The number of carbonyl (C=O) groups excluding carboxylic acids is 1. The van der Waals surface area contributed by atoms with Gasteiger partial charge in [-0.3, -0.25) is 4.79 Å². The van der Waals surface area contributed by atoms with Gasteiger partial charge in [0, 0.05) is 24.8 Å². The van der Waals surface area contributed by atoms with Crippen LogP contribution in [0.3, 0.4) is 0 Å². The molecule has 0 saturated carbocycles. The molecule has 2 nitrogen and oxygen atoms in total. The first-order chi connectivity index (χ1) is 5.76. The number of halogens is 1. The Balaban J connectivity index is 3.54. The molecule has 0 aromatic heterocycles. The maximum absolute atomic E-state index is 11.4. The Morgan fingerprint density at radius 1 is 1.25 bits per heavy atom. The van der Waals surface area contributed by atoms with E-state index in [9.17, 15) is 4.79 Å². The minimum atomic E-state index is 0.293. The number of nitrogens with zero attached hydrogens (tertiary/aromatic N) is 1. The zero-order chi connectivity index (χ0) is 9.40. The molecule has 0 radical (unpaired) electrons. The van der Waals surface area contributed by atoms with Crippen molar-refractivity contribution in [1.82, 2.24) is 4.90 Å². The molecule has 72 valence electrons. The van der Waals surface area contributed by atoms with Gasteiger partial charge in [0.25, 0.3) is 0 Å². The van der Waals surface area contributed by atoms with Gasteiger partial charge in [-0.1, -0.05) is 15.9 Å². The molecule has 0 atom stereocenters. The van der Waals surface area contributed by atoms with Crippen LogP contribution in [0, 0.1) is 0 Å².